The minimum absolute atomic E-state index is 0. The molecule has 154 valence electrons. The van der Waals surface area contributed by atoms with Gasteiger partial charge in [-0.2, -0.15) is 11.8 Å². The number of aromatic nitrogens is 1. The monoisotopic (exact) mass is 514 g/mol. The third kappa shape index (κ3) is 9.14. The van der Waals surface area contributed by atoms with Crippen LogP contribution in [0.5, 0.6) is 0 Å². The Labute approximate surface area is 189 Å². The molecule has 0 aliphatic rings. The number of pyridine rings is 1. The standard InChI is InChI=1S/C21H30N4OS.HI/c1-3-22-21(23-13-5-7-15-27-2)24-16-18-9-11-19(12-10-18)17-25-14-6-4-8-20(25)26;/h4,6,8-12,14H,3,5,7,13,15-17H2,1-2H3,(H2,22,23,24);1H. The molecule has 0 atom stereocenters. The van der Waals surface area contributed by atoms with E-state index in [-0.39, 0.29) is 29.5 Å². The van der Waals surface area contributed by atoms with Gasteiger partial charge in [0.25, 0.3) is 5.56 Å². The number of nitrogens with zero attached hydrogens (tertiary/aromatic N) is 2. The minimum atomic E-state index is 0. The van der Waals surface area contributed by atoms with E-state index < -0.39 is 0 Å². The Morgan fingerprint density at radius 2 is 1.82 bits per heavy atom. The van der Waals surface area contributed by atoms with E-state index in [2.05, 4.69) is 53.1 Å². The Bertz CT molecular complexity index is 762. The normalized spacial score (nSPS) is 11.0. The third-order valence-electron chi connectivity index (χ3n) is 4.11. The zero-order valence-corrected chi connectivity index (χ0v) is 19.8. The van der Waals surface area contributed by atoms with Gasteiger partial charge in [0.1, 0.15) is 0 Å². The van der Waals surface area contributed by atoms with Gasteiger partial charge in [0.15, 0.2) is 5.96 Å². The second-order valence-electron chi connectivity index (χ2n) is 6.31. The maximum Gasteiger partial charge on any atom is 0.250 e. The Morgan fingerprint density at radius 3 is 2.50 bits per heavy atom. The van der Waals surface area contributed by atoms with Crippen LogP contribution in [0.1, 0.15) is 30.9 Å². The summed E-state index contributed by atoms with van der Waals surface area (Å²) in [6.45, 7) is 5.08. The maximum atomic E-state index is 11.8. The van der Waals surface area contributed by atoms with Gasteiger partial charge in [-0.15, -0.1) is 24.0 Å². The molecule has 2 N–H and O–H groups in total. The summed E-state index contributed by atoms with van der Waals surface area (Å²) in [5, 5.41) is 6.68. The van der Waals surface area contributed by atoms with Gasteiger partial charge >= 0.3 is 0 Å². The molecular formula is C21H31IN4OS. The van der Waals surface area contributed by atoms with Crippen LogP contribution in [0.25, 0.3) is 0 Å². The Morgan fingerprint density at radius 1 is 1.07 bits per heavy atom. The molecule has 1 heterocycles. The van der Waals surface area contributed by atoms with Crippen LogP contribution >= 0.6 is 35.7 Å². The molecule has 0 unspecified atom stereocenters. The number of thioether (sulfide) groups is 1. The lowest BCUT2D eigenvalue weighted by atomic mass is 10.1. The highest BCUT2D eigenvalue weighted by Crippen LogP contribution is 2.07. The first-order chi connectivity index (χ1) is 13.2. The molecule has 0 aliphatic carbocycles. The molecule has 5 nitrogen and oxygen atoms in total. The summed E-state index contributed by atoms with van der Waals surface area (Å²) in [6.07, 6.45) is 6.33. The van der Waals surface area contributed by atoms with Crippen molar-refractivity contribution in [2.45, 2.75) is 32.9 Å². The average Bonchev–Trinajstić information content (AvgIpc) is 2.69. The summed E-state index contributed by atoms with van der Waals surface area (Å²) in [7, 11) is 0. The SMILES string of the molecule is CCNC(=NCc1ccc(Cn2ccccc2=O)cc1)NCCCCSC.I. The summed E-state index contributed by atoms with van der Waals surface area (Å²) in [4.78, 5) is 16.5. The Kier molecular flexibility index (Phi) is 12.7. The van der Waals surface area contributed by atoms with Crippen LogP contribution in [0.3, 0.4) is 0 Å². The summed E-state index contributed by atoms with van der Waals surface area (Å²) in [5.41, 5.74) is 2.28. The topological polar surface area (TPSA) is 58.4 Å². The fraction of sp³-hybridized carbons (Fsp3) is 0.429. The zero-order chi connectivity index (χ0) is 19.3. The Balaban J connectivity index is 0.00000392. The molecule has 0 radical (unpaired) electrons. The summed E-state index contributed by atoms with van der Waals surface area (Å²) >= 11 is 1.89. The molecule has 0 amide bonds. The molecular weight excluding hydrogens is 483 g/mol. The predicted molar refractivity (Wildman–Crippen MR) is 132 cm³/mol. The number of halogens is 1. The van der Waals surface area contributed by atoms with Gasteiger partial charge in [-0.25, -0.2) is 4.99 Å². The lowest BCUT2D eigenvalue weighted by molar-refractivity contribution is 0.734. The molecule has 0 saturated heterocycles. The van der Waals surface area contributed by atoms with Gasteiger partial charge in [0.2, 0.25) is 0 Å². The van der Waals surface area contributed by atoms with E-state index in [1.165, 1.54) is 12.2 Å². The summed E-state index contributed by atoms with van der Waals surface area (Å²) in [6, 6.07) is 13.5. The number of benzene rings is 1. The van der Waals surface area contributed by atoms with Crippen molar-refractivity contribution in [2.75, 3.05) is 25.1 Å². The van der Waals surface area contributed by atoms with Gasteiger partial charge in [-0.3, -0.25) is 4.79 Å². The second kappa shape index (κ2) is 14.5. The number of hydrogen-bond acceptors (Lipinski definition) is 3. The van der Waals surface area contributed by atoms with E-state index in [1.807, 2.05) is 24.0 Å². The van der Waals surface area contributed by atoms with Crippen LogP contribution in [0, 0.1) is 0 Å². The van der Waals surface area contributed by atoms with E-state index in [0.29, 0.717) is 13.1 Å². The van der Waals surface area contributed by atoms with Gasteiger partial charge in [0, 0.05) is 25.4 Å². The van der Waals surface area contributed by atoms with Crippen molar-refractivity contribution in [3.63, 3.8) is 0 Å². The Hall–Kier alpha value is -1.48. The number of unbranched alkanes of at least 4 members (excludes halogenated alkanes) is 1. The highest BCUT2D eigenvalue weighted by molar-refractivity contribution is 14.0. The molecule has 1 aromatic heterocycles. The average molecular weight is 514 g/mol. The number of guanidine groups is 1. The summed E-state index contributed by atoms with van der Waals surface area (Å²) < 4.78 is 1.71. The first-order valence-electron chi connectivity index (χ1n) is 9.47. The lowest BCUT2D eigenvalue weighted by Gasteiger charge is -2.11. The van der Waals surface area contributed by atoms with Crippen LogP contribution < -0.4 is 16.2 Å². The van der Waals surface area contributed by atoms with Crippen LogP contribution in [-0.2, 0) is 13.1 Å². The quantitative estimate of drug-likeness (QED) is 0.220. The van der Waals surface area contributed by atoms with Crippen LogP contribution in [-0.4, -0.2) is 35.6 Å². The van der Waals surface area contributed by atoms with Gasteiger partial charge in [-0.1, -0.05) is 30.3 Å². The molecule has 7 heteroatoms. The smallest absolute Gasteiger partial charge is 0.250 e. The van der Waals surface area contributed by atoms with E-state index >= 15 is 0 Å². The number of hydrogen-bond donors (Lipinski definition) is 2. The number of nitrogens with one attached hydrogen (secondary N) is 2. The van der Waals surface area contributed by atoms with Crippen LogP contribution in [0.2, 0.25) is 0 Å². The van der Waals surface area contributed by atoms with E-state index in [0.717, 1.165) is 36.6 Å². The second-order valence-corrected chi connectivity index (χ2v) is 7.29. The molecule has 0 bridgehead atoms. The van der Waals surface area contributed by atoms with Crippen molar-refractivity contribution in [1.29, 1.82) is 0 Å². The van der Waals surface area contributed by atoms with E-state index in [1.54, 1.807) is 16.7 Å². The molecule has 0 spiro atoms. The molecule has 0 fully saturated rings. The van der Waals surface area contributed by atoms with Crippen molar-refractivity contribution < 1.29 is 0 Å². The summed E-state index contributed by atoms with van der Waals surface area (Å²) in [5.74, 6) is 2.07. The first-order valence-corrected chi connectivity index (χ1v) is 10.9. The van der Waals surface area contributed by atoms with Gasteiger partial charge in [-0.05, 0) is 49.0 Å². The van der Waals surface area contributed by atoms with Crippen molar-refractivity contribution in [3.8, 4) is 0 Å². The lowest BCUT2D eigenvalue weighted by Crippen LogP contribution is -2.37. The van der Waals surface area contributed by atoms with Crippen molar-refractivity contribution >= 4 is 41.7 Å². The van der Waals surface area contributed by atoms with Crippen LogP contribution in [0.4, 0.5) is 0 Å². The van der Waals surface area contributed by atoms with Crippen LogP contribution in [0.15, 0.2) is 58.4 Å². The minimum Gasteiger partial charge on any atom is -0.357 e. The molecule has 2 aromatic rings. The van der Waals surface area contributed by atoms with Crippen molar-refractivity contribution in [1.82, 2.24) is 15.2 Å². The highest BCUT2D eigenvalue weighted by atomic mass is 127. The highest BCUT2D eigenvalue weighted by Gasteiger charge is 2.00. The zero-order valence-electron chi connectivity index (χ0n) is 16.7. The van der Waals surface area contributed by atoms with Gasteiger partial charge < -0.3 is 15.2 Å². The molecule has 0 saturated carbocycles. The maximum absolute atomic E-state index is 11.8. The van der Waals surface area contributed by atoms with Gasteiger partial charge in [0.05, 0.1) is 13.1 Å². The molecule has 1 aromatic carbocycles. The van der Waals surface area contributed by atoms with E-state index in [4.69, 9.17) is 0 Å². The number of rotatable bonds is 10. The molecule has 0 aliphatic heterocycles. The van der Waals surface area contributed by atoms with Crippen molar-refractivity contribution in [2.24, 2.45) is 4.99 Å². The predicted octanol–water partition coefficient (Wildman–Crippen LogP) is 3.71. The first kappa shape index (κ1) is 24.6. The third-order valence-corrected chi connectivity index (χ3v) is 4.80. The molecule has 2 rings (SSSR count). The largest absolute Gasteiger partial charge is 0.357 e. The fourth-order valence-corrected chi connectivity index (χ4v) is 3.12. The number of aliphatic imine (C=N–C) groups is 1. The van der Waals surface area contributed by atoms with E-state index in [9.17, 15) is 4.79 Å². The van der Waals surface area contributed by atoms with Crippen molar-refractivity contribution in [3.05, 3.63) is 70.1 Å². The molecule has 28 heavy (non-hydrogen) atoms. The fourth-order valence-electron chi connectivity index (χ4n) is 2.63.